The molecule has 4 rings (SSSR count). The summed E-state index contributed by atoms with van der Waals surface area (Å²) < 4.78 is 6.19. The normalized spacial score (nSPS) is 11.5. The van der Waals surface area contributed by atoms with Crippen molar-refractivity contribution in [1.29, 1.82) is 0 Å². The first-order valence-electron chi connectivity index (χ1n) is 7.93. The second-order valence-corrected chi connectivity index (χ2v) is 15.4. The number of aromatic nitrogens is 4. The molecule has 0 atom stereocenters. The van der Waals surface area contributed by atoms with Crippen LogP contribution in [-0.4, -0.2) is 46.2 Å². The van der Waals surface area contributed by atoms with Crippen LogP contribution < -0.4 is 9.18 Å². The summed E-state index contributed by atoms with van der Waals surface area (Å²) >= 11 is 14.7. The Labute approximate surface area is 206 Å². The quantitative estimate of drug-likeness (QED) is 0.289. The van der Waals surface area contributed by atoms with Crippen LogP contribution in [0.25, 0.3) is 21.8 Å². The fourth-order valence-corrected chi connectivity index (χ4v) is 11.9. The predicted molar refractivity (Wildman–Crippen MR) is 130 cm³/mol. The molecular weight excluding hydrogens is 750 g/mol. The zero-order chi connectivity index (χ0) is 20.0. The van der Waals surface area contributed by atoms with Gasteiger partial charge in [-0.15, -0.1) is 0 Å². The summed E-state index contributed by atoms with van der Waals surface area (Å²) in [6, 6.07) is 8.24. The molecule has 0 saturated heterocycles. The van der Waals surface area contributed by atoms with Crippen molar-refractivity contribution in [3.63, 3.8) is 0 Å². The van der Waals surface area contributed by atoms with Crippen molar-refractivity contribution in [2.75, 3.05) is 0 Å². The van der Waals surface area contributed by atoms with Gasteiger partial charge in [0.15, 0.2) is 0 Å². The summed E-state index contributed by atoms with van der Waals surface area (Å²) in [6.45, 7) is 3.89. The van der Waals surface area contributed by atoms with Crippen molar-refractivity contribution in [2.24, 2.45) is 0 Å². The molecule has 0 fully saturated rings. The molecule has 0 N–H and O–H groups in total. The molecule has 4 aromatic rings. The number of fused-ring (bicyclic) bond motifs is 2. The van der Waals surface area contributed by atoms with Crippen LogP contribution in [0, 0.1) is 13.8 Å². The number of nitrogens with zero attached hydrogens (tertiary/aromatic N) is 4. The van der Waals surface area contributed by atoms with Gasteiger partial charge in [-0.05, 0) is 0 Å². The molecular formula is C18H10Br4N4Se2. The molecule has 142 valence electrons. The molecule has 10 heteroatoms. The average molecular weight is 760 g/mol. The minimum absolute atomic E-state index is 0.154. The van der Waals surface area contributed by atoms with Gasteiger partial charge < -0.3 is 0 Å². The average Bonchev–Trinajstić information content (AvgIpc) is 2.61. The summed E-state index contributed by atoms with van der Waals surface area (Å²) in [5.41, 5.74) is 1.91. The van der Waals surface area contributed by atoms with Crippen molar-refractivity contribution in [1.82, 2.24) is 19.9 Å². The summed E-state index contributed by atoms with van der Waals surface area (Å²) in [5.74, 6) is 1.58. The van der Waals surface area contributed by atoms with Gasteiger partial charge in [0.2, 0.25) is 0 Å². The Morgan fingerprint density at radius 1 is 0.607 bits per heavy atom. The second kappa shape index (κ2) is 8.67. The summed E-state index contributed by atoms with van der Waals surface area (Å²) in [7, 11) is 0. The third kappa shape index (κ3) is 4.40. The molecule has 0 radical (unpaired) electrons. The standard InChI is InChI=1S/C18H10Br4N4Se2/c1-7-23-15-11(3-9(19)5-13(15)21)17(25-7)27-28-18-12-4-10(20)6-14(22)16(12)24-8(2)26-18/h3-6H,1-2H3. The minimum atomic E-state index is 0.154. The number of hydrogen-bond donors (Lipinski definition) is 0. The van der Waals surface area contributed by atoms with E-state index in [0.29, 0.717) is 0 Å². The second-order valence-electron chi connectivity index (χ2n) is 5.89. The van der Waals surface area contributed by atoms with E-state index in [-0.39, 0.29) is 26.3 Å². The van der Waals surface area contributed by atoms with Crippen LogP contribution in [0.3, 0.4) is 0 Å². The first kappa shape index (κ1) is 21.3. The van der Waals surface area contributed by atoms with E-state index in [4.69, 9.17) is 9.97 Å². The van der Waals surface area contributed by atoms with Gasteiger partial charge in [-0.1, -0.05) is 0 Å². The Bertz CT molecular complexity index is 1150. The summed E-state index contributed by atoms with van der Waals surface area (Å²) in [5, 5.41) is 2.18. The first-order chi connectivity index (χ1) is 13.3. The molecule has 4 nitrogen and oxygen atoms in total. The van der Waals surface area contributed by atoms with E-state index >= 15 is 0 Å². The van der Waals surface area contributed by atoms with E-state index in [1.165, 1.54) is 0 Å². The van der Waals surface area contributed by atoms with Crippen molar-refractivity contribution >= 4 is 121 Å². The third-order valence-electron chi connectivity index (χ3n) is 3.79. The molecule has 0 spiro atoms. The van der Waals surface area contributed by atoms with E-state index in [2.05, 4.69) is 85.8 Å². The van der Waals surface area contributed by atoms with Crippen LogP contribution in [0.1, 0.15) is 11.6 Å². The summed E-state index contributed by atoms with van der Waals surface area (Å²) in [4.78, 5) is 18.8. The zero-order valence-corrected chi connectivity index (χ0v) is 24.2. The molecule has 0 bridgehead atoms. The van der Waals surface area contributed by atoms with Crippen molar-refractivity contribution in [3.8, 4) is 0 Å². The van der Waals surface area contributed by atoms with Crippen molar-refractivity contribution in [3.05, 3.63) is 53.8 Å². The number of aryl methyl sites for hydroxylation is 2. The number of benzene rings is 2. The zero-order valence-electron chi connectivity index (χ0n) is 14.4. The maximum atomic E-state index is 4.76. The fourth-order valence-electron chi connectivity index (χ4n) is 2.68. The number of hydrogen-bond acceptors (Lipinski definition) is 4. The molecule has 0 saturated carbocycles. The topological polar surface area (TPSA) is 51.6 Å². The molecule has 0 aliphatic carbocycles. The molecule has 2 heterocycles. The Balaban J connectivity index is 1.80. The molecule has 2 aromatic heterocycles. The first-order valence-corrected chi connectivity index (χ1v) is 17.1. The van der Waals surface area contributed by atoms with Gasteiger partial charge in [-0.2, -0.15) is 0 Å². The van der Waals surface area contributed by atoms with Crippen LogP contribution >= 0.6 is 63.7 Å². The van der Waals surface area contributed by atoms with E-state index in [0.717, 1.165) is 60.5 Å². The van der Waals surface area contributed by atoms with Crippen LogP contribution in [0.15, 0.2) is 42.2 Å². The SMILES string of the molecule is Cc1nc([Se][Se]c2nc(C)nc3c(Br)cc(Br)cc23)c2cc(Br)cc(Br)c2n1. The van der Waals surface area contributed by atoms with Crippen molar-refractivity contribution < 1.29 is 0 Å². The van der Waals surface area contributed by atoms with Gasteiger partial charge in [-0.3, -0.25) is 0 Å². The van der Waals surface area contributed by atoms with Crippen LogP contribution in [0.2, 0.25) is 0 Å². The van der Waals surface area contributed by atoms with Gasteiger partial charge in [0.05, 0.1) is 0 Å². The van der Waals surface area contributed by atoms with E-state index in [9.17, 15) is 0 Å². The molecule has 0 aliphatic heterocycles. The Morgan fingerprint density at radius 3 is 1.39 bits per heavy atom. The van der Waals surface area contributed by atoms with E-state index in [1.807, 2.05) is 26.0 Å². The van der Waals surface area contributed by atoms with Gasteiger partial charge >= 0.3 is 209 Å². The van der Waals surface area contributed by atoms with Crippen LogP contribution in [0.5, 0.6) is 0 Å². The van der Waals surface area contributed by atoms with Gasteiger partial charge in [0.1, 0.15) is 0 Å². The van der Waals surface area contributed by atoms with Crippen molar-refractivity contribution in [2.45, 2.75) is 13.8 Å². The molecule has 0 aliphatic rings. The Morgan fingerprint density at radius 2 is 1.00 bits per heavy atom. The molecule has 0 unspecified atom stereocenters. The summed E-state index contributed by atoms with van der Waals surface area (Å²) in [6.07, 6.45) is 0. The van der Waals surface area contributed by atoms with Gasteiger partial charge in [-0.25, -0.2) is 0 Å². The third-order valence-corrected chi connectivity index (χ3v) is 12.4. The van der Waals surface area contributed by atoms with E-state index < -0.39 is 0 Å². The van der Waals surface area contributed by atoms with Crippen LogP contribution in [0.4, 0.5) is 0 Å². The monoisotopic (exact) mass is 758 g/mol. The fraction of sp³-hybridized carbons (Fsp3) is 0.111. The molecule has 28 heavy (non-hydrogen) atoms. The van der Waals surface area contributed by atoms with Gasteiger partial charge in [0, 0.05) is 0 Å². The molecule has 0 amide bonds. The Kier molecular flexibility index (Phi) is 6.60. The molecule has 2 aromatic carbocycles. The van der Waals surface area contributed by atoms with Crippen LogP contribution in [-0.2, 0) is 0 Å². The number of rotatable bonds is 3. The van der Waals surface area contributed by atoms with E-state index in [1.54, 1.807) is 0 Å². The maximum absolute atomic E-state index is 4.76. The Hall–Kier alpha value is 0.0790. The number of halogens is 4. The van der Waals surface area contributed by atoms with Gasteiger partial charge in [0.25, 0.3) is 0 Å². The predicted octanol–water partition coefficient (Wildman–Crippen LogP) is 4.51.